The fourth-order valence-electron chi connectivity index (χ4n) is 5.41. The summed E-state index contributed by atoms with van der Waals surface area (Å²) in [5.74, 6) is 2.13. The van der Waals surface area contributed by atoms with E-state index in [2.05, 4.69) is 60.3 Å². The molecule has 1 heterocycles. The standard InChI is InChI=1S/C36H38N2O4/c1-37(20-19-26-17-18-34(40-3)35(21-26)41-4)36(39)23-31(32-24-38(2)33-16-9-8-15-30(32)33)28-13-10-14-29(22-28)42-25-27-11-6-5-7-12-27/h5-18,21-22,24,31H,19-20,23,25H2,1-4H3. The molecule has 1 aromatic heterocycles. The van der Waals surface area contributed by atoms with Gasteiger partial charge in [-0.15, -0.1) is 0 Å². The zero-order valence-electron chi connectivity index (χ0n) is 24.7. The highest BCUT2D eigenvalue weighted by molar-refractivity contribution is 5.86. The van der Waals surface area contributed by atoms with Crippen LogP contribution in [-0.2, 0) is 24.9 Å². The van der Waals surface area contributed by atoms with Gasteiger partial charge in [0.25, 0.3) is 0 Å². The van der Waals surface area contributed by atoms with Crippen LogP contribution in [0.4, 0.5) is 0 Å². The number of nitrogens with zero attached hydrogens (tertiary/aromatic N) is 2. The van der Waals surface area contributed by atoms with Gasteiger partial charge >= 0.3 is 0 Å². The first-order valence-electron chi connectivity index (χ1n) is 14.2. The zero-order valence-corrected chi connectivity index (χ0v) is 24.7. The van der Waals surface area contributed by atoms with Gasteiger partial charge in [0.15, 0.2) is 11.5 Å². The molecular formula is C36H38N2O4. The summed E-state index contributed by atoms with van der Waals surface area (Å²) >= 11 is 0. The molecule has 42 heavy (non-hydrogen) atoms. The maximum atomic E-state index is 13.7. The smallest absolute Gasteiger partial charge is 0.223 e. The summed E-state index contributed by atoms with van der Waals surface area (Å²) in [4.78, 5) is 15.6. The van der Waals surface area contributed by atoms with Crippen molar-refractivity contribution in [1.82, 2.24) is 9.47 Å². The molecule has 6 nitrogen and oxygen atoms in total. The lowest BCUT2D eigenvalue weighted by molar-refractivity contribution is -0.130. The summed E-state index contributed by atoms with van der Waals surface area (Å²) < 4.78 is 19.1. The number of aryl methyl sites for hydroxylation is 1. The molecule has 0 radical (unpaired) electrons. The van der Waals surface area contributed by atoms with Crippen molar-refractivity contribution in [2.45, 2.75) is 25.4 Å². The molecule has 4 aromatic carbocycles. The van der Waals surface area contributed by atoms with Gasteiger partial charge in [-0.1, -0.05) is 66.7 Å². The predicted molar refractivity (Wildman–Crippen MR) is 167 cm³/mol. The summed E-state index contributed by atoms with van der Waals surface area (Å²) in [6, 6.07) is 32.5. The minimum absolute atomic E-state index is 0.0871. The highest BCUT2D eigenvalue weighted by atomic mass is 16.5. The Labute approximate surface area is 248 Å². The number of hydrogen-bond donors (Lipinski definition) is 0. The molecule has 5 aromatic rings. The summed E-state index contributed by atoms with van der Waals surface area (Å²) in [5, 5.41) is 1.15. The van der Waals surface area contributed by atoms with Crippen molar-refractivity contribution >= 4 is 16.8 Å². The second-order valence-electron chi connectivity index (χ2n) is 10.6. The van der Waals surface area contributed by atoms with Gasteiger partial charge in [0.1, 0.15) is 12.4 Å². The minimum atomic E-state index is -0.132. The maximum absolute atomic E-state index is 13.7. The van der Waals surface area contributed by atoms with Gasteiger partial charge in [-0.3, -0.25) is 4.79 Å². The molecule has 0 aliphatic carbocycles. The number of carbonyl (C=O) groups is 1. The third-order valence-electron chi connectivity index (χ3n) is 7.80. The van der Waals surface area contributed by atoms with Crippen LogP contribution in [0.3, 0.4) is 0 Å². The molecule has 6 heteroatoms. The highest BCUT2D eigenvalue weighted by Crippen LogP contribution is 2.36. The lowest BCUT2D eigenvalue weighted by Crippen LogP contribution is -2.30. The van der Waals surface area contributed by atoms with Gasteiger partial charge in [-0.25, -0.2) is 0 Å². The van der Waals surface area contributed by atoms with Gasteiger partial charge in [0.2, 0.25) is 5.91 Å². The van der Waals surface area contributed by atoms with Gasteiger partial charge < -0.3 is 23.7 Å². The van der Waals surface area contributed by atoms with Crippen LogP contribution < -0.4 is 14.2 Å². The van der Waals surface area contributed by atoms with Crippen molar-refractivity contribution in [1.29, 1.82) is 0 Å². The summed E-state index contributed by atoms with van der Waals surface area (Å²) in [6.07, 6.45) is 3.21. The minimum Gasteiger partial charge on any atom is -0.493 e. The van der Waals surface area contributed by atoms with E-state index in [9.17, 15) is 4.79 Å². The van der Waals surface area contributed by atoms with E-state index >= 15 is 0 Å². The van der Waals surface area contributed by atoms with E-state index in [0.29, 0.717) is 37.5 Å². The van der Waals surface area contributed by atoms with E-state index < -0.39 is 0 Å². The Balaban J connectivity index is 1.38. The molecule has 0 aliphatic rings. The molecule has 0 N–H and O–H groups in total. The number of para-hydroxylation sites is 1. The van der Waals surface area contributed by atoms with E-state index in [1.165, 1.54) is 0 Å². The first-order chi connectivity index (χ1) is 20.5. The van der Waals surface area contributed by atoms with Gasteiger partial charge in [-0.05, 0) is 59.0 Å². The van der Waals surface area contributed by atoms with Gasteiger partial charge in [-0.2, -0.15) is 0 Å². The quantitative estimate of drug-likeness (QED) is 0.164. The first kappa shape index (κ1) is 28.8. The van der Waals surface area contributed by atoms with Crippen molar-refractivity contribution in [3.63, 3.8) is 0 Å². The Morgan fingerprint density at radius 3 is 2.38 bits per heavy atom. The SMILES string of the molecule is COc1ccc(CCN(C)C(=O)CC(c2cccc(OCc3ccccc3)c2)c2cn(C)c3ccccc23)cc1OC. The van der Waals surface area contributed by atoms with Gasteiger partial charge in [0.05, 0.1) is 14.2 Å². The van der Waals surface area contributed by atoms with E-state index in [1.54, 1.807) is 14.2 Å². The normalized spacial score (nSPS) is 11.7. The van der Waals surface area contributed by atoms with Crippen LogP contribution in [0.15, 0.2) is 103 Å². The number of carbonyl (C=O) groups excluding carboxylic acids is 1. The fourth-order valence-corrected chi connectivity index (χ4v) is 5.41. The average molecular weight is 563 g/mol. The van der Waals surface area contributed by atoms with Crippen molar-refractivity contribution in [3.05, 3.63) is 126 Å². The third kappa shape index (κ3) is 6.60. The summed E-state index contributed by atoms with van der Waals surface area (Å²) in [7, 11) is 7.19. The molecule has 0 fully saturated rings. The van der Waals surface area contributed by atoms with Crippen LogP contribution in [0, 0.1) is 0 Å². The Kier molecular flexibility index (Phi) is 9.12. The van der Waals surface area contributed by atoms with Crippen LogP contribution in [0.1, 0.15) is 34.6 Å². The molecule has 0 spiro atoms. The molecule has 0 saturated carbocycles. The molecule has 1 atom stereocenters. The Morgan fingerprint density at radius 2 is 1.60 bits per heavy atom. The molecule has 5 rings (SSSR count). The Hall–Kier alpha value is -4.71. The van der Waals surface area contributed by atoms with E-state index in [4.69, 9.17) is 14.2 Å². The van der Waals surface area contributed by atoms with E-state index in [0.717, 1.165) is 38.9 Å². The highest BCUT2D eigenvalue weighted by Gasteiger charge is 2.24. The molecule has 0 saturated heterocycles. The van der Waals surface area contributed by atoms with Crippen LogP contribution in [-0.4, -0.2) is 43.2 Å². The summed E-state index contributed by atoms with van der Waals surface area (Å²) in [6.45, 7) is 1.08. The number of methoxy groups -OCH3 is 2. The lowest BCUT2D eigenvalue weighted by atomic mass is 9.87. The van der Waals surface area contributed by atoms with E-state index in [-0.39, 0.29) is 11.8 Å². The Bertz CT molecular complexity index is 1640. The number of fused-ring (bicyclic) bond motifs is 1. The Morgan fingerprint density at radius 1 is 0.833 bits per heavy atom. The maximum Gasteiger partial charge on any atom is 0.223 e. The largest absolute Gasteiger partial charge is 0.493 e. The third-order valence-corrected chi connectivity index (χ3v) is 7.80. The molecule has 0 bridgehead atoms. The molecule has 1 amide bonds. The van der Waals surface area contributed by atoms with Gasteiger partial charge in [0, 0.05) is 50.1 Å². The number of ether oxygens (including phenoxy) is 3. The number of hydrogen-bond acceptors (Lipinski definition) is 4. The topological polar surface area (TPSA) is 52.9 Å². The number of amides is 1. The molecule has 216 valence electrons. The van der Waals surface area contributed by atoms with Crippen molar-refractivity contribution in [3.8, 4) is 17.2 Å². The molecule has 1 unspecified atom stereocenters. The zero-order chi connectivity index (χ0) is 29.5. The fraction of sp³-hybridized carbons (Fsp3) is 0.250. The van der Waals surface area contributed by atoms with Crippen LogP contribution in [0.25, 0.3) is 10.9 Å². The summed E-state index contributed by atoms with van der Waals surface area (Å²) in [5.41, 5.74) is 5.53. The number of benzene rings is 4. The molecular weight excluding hydrogens is 524 g/mol. The monoisotopic (exact) mass is 562 g/mol. The average Bonchev–Trinajstić information content (AvgIpc) is 3.37. The second-order valence-corrected chi connectivity index (χ2v) is 10.6. The van der Waals surface area contributed by atoms with E-state index in [1.807, 2.05) is 66.5 Å². The van der Waals surface area contributed by atoms with Crippen LogP contribution in [0.2, 0.25) is 0 Å². The van der Waals surface area contributed by atoms with Crippen molar-refractivity contribution in [2.24, 2.45) is 7.05 Å². The number of rotatable bonds is 12. The number of aromatic nitrogens is 1. The molecule has 0 aliphatic heterocycles. The van der Waals surface area contributed by atoms with Crippen LogP contribution in [0.5, 0.6) is 17.2 Å². The lowest BCUT2D eigenvalue weighted by Gasteiger charge is -2.23. The predicted octanol–water partition coefficient (Wildman–Crippen LogP) is 7.00. The van der Waals surface area contributed by atoms with Crippen molar-refractivity contribution in [2.75, 3.05) is 27.8 Å². The number of likely N-dealkylation sites (N-methyl/N-ethyl adjacent to an activating group) is 1. The first-order valence-corrected chi connectivity index (χ1v) is 14.2. The van der Waals surface area contributed by atoms with Crippen molar-refractivity contribution < 1.29 is 19.0 Å². The van der Waals surface area contributed by atoms with Crippen LogP contribution >= 0.6 is 0 Å². The second kappa shape index (κ2) is 13.3.